The standard InChI is InChI=1S/C26H50O4/c1-3-5-7-9-11-12-13-14-15-16-18-20-22-24(26(29)30)23(25(27)28)21-19-17-10-8-6-4-2/h23-24H,3-22H2,1-2H3,(H,27,28)(H,29,30). The second-order valence-electron chi connectivity index (χ2n) is 9.12. The Morgan fingerprint density at radius 2 is 0.700 bits per heavy atom. The fourth-order valence-electron chi connectivity index (χ4n) is 4.34. The lowest BCUT2D eigenvalue weighted by Gasteiger charge is -2.20. The number of hydrogen-bond donors (Lipinski definition) is 2. The van der Waals surface area contributed by atoms with E-state index in [9.17, 15) is 19.8 Å². The molecule has 0 heterocycles. The van der Waals surface area contributed by atoms with E-state index in [-0.39, 0.29) is 0 Å². The quantitative estimate of drug-likeness (QED) is 0.161. The van der Waals surface area contributed by atoms with E-state index in [1.165, 1.54) is 77.0 Å². The molecule has 0 amide bonds. The van der Waals surface area contributed by atoms with Crippen LogP contribution >= 0.6 is 0 Å². The van der Waals surface area contributed by atoms with Crippen molar-refractivity contribution in [2.45, 2.75) is 142 Å². The van der Waals surface area contributed by atoms with E-state index in [1.807, 2.05) is 0 Å². The molecule has 0 bridgehead atoms. The van der Waals surface area contributed by atoms with E-state index in [0.717, 1.165) is 38.5 Å². The highest BCUT2D eigenvalue weighted by Gasteiger charge is 2.32. The van der Waals surface area contributed by atoms with Crippen LogP contribution in [0.4, 0.5) is 0 Å². The van der Waals surface area contributed by atoms with E-state index in [2.05, 4.69) is 13.8 Å². The number of carbonyl (C=O) groups is 2. The van der Waals surface area contributed by atoms with E-state index in [1.54, 1.807) is 0 Å². The molecule has 0 aromatic carbocycles. The summed E-state index contributed by atoms with van der Waals surface area (Å²) in [7, 11) is 0. The smallest absolute Gasteiger partial charge is 0.307 e. The summed E-state index contributed by atoms with van der Waals surface area (Å²) in [6.07, 6.45) is 22.4. The van der Waals surface area contributed by atoms with E-state index in [4.69, 9.17) is 0 Å². The third kappa shape index (κ3) is 16.7. The number of rotatable bonds is 23. The average Bonchev–Trinajstić information content (AvgIpc) is 2.71. The van der Waals surface area contributed by atoms with Crippen molar-refractivity contribution >= 4 is 11.9 Å². The lowest BCUT2D eigenvalue weighted by atomic mass is 9.84. The van der Waals surface area contributed by atoms with Crippen LogP contribution in [0.5, 0.6) is 0 Å². The fourth-order valence-corrected chi connectivity index (χ4v) is 4.34. The highest BCUT2D eigenvalue weighted by Crippen LogP contribution is 2.26. The van der Waals surface area contributed by atoms with Gasteiger partial charge >= 0.3 is 11.9 Å². The first kappa shape index (κ1) is 28.9. The van der Waals surface area contributed by atoms with Gasteiger partial charge in [0, 0.05) is 0 Å². The monoisotopic (exact) mass is 426 g/mol. The van der Waals surface area contributed by atoms with Crippen LogP contribution in [0.1, 0.15) is 142 Å². The predicted octanol–water partition coefficient (Wildman–Crippen LogP) is 8.23. The Hall–Kier alpha value is -1.06. The summed E-state index contributed by atoms with van der Waals surface area (Å²) in [5.74, 6) is -3.34. The lowest BCUT2D eigenvalue weighted by molar-refractivity contribution is -0.154. The Balaban J connectivity index is 3.94. The topological polar surface area (TPSA) is 74.6 Å². The Morgan fingerprint density at radius 1 is 0.467 bits per heavy atom. The van der Waals surface area contributed by atoms with Crippen LogP contribution in [0.25, 0.3) is 0 Å². The van der Waals surface area contributed by atoms with Gasteiger partial charge in [0.15, 0.2) is 0 Å². The van der Waals surface area contributed by atoms with Gasteiger partial charge in [-0.3, -0.25) is 9.59 Å². The van der Waals surface area contributed by atoms with Crippen molar-refractivity contribution in [3.05, 3.63) is 0 Å². The first-order valence-corrected chi connectivity index (χ1v) is 13.0. The van der Waals surface area contributed by atoms with Crippen LogP contribution in [0.3, 0.4) is 0 Å². The van der Waals surface area contributed by atoms with Crippen molar-refractivity contribution in [3.8, 4) is 0 Å². The van der Waals surface area contributed by atoms with E-state index < -0.39 is 23.8 Å². The largest absolute Gasteiger partial charge is 0.481 e. The maximum absolute atomic E-state index is 11.7. The Kier molecular flexibility index (Phi) is 20.4. The van der Waals surface area contributed by atoms with Crippen LogP contribution in [0.2, 0.25) is 0 Å². The molecule has 0 rings (SSSR count). The van der Waals surface area contributed by atoms with E-state index >= 15 is 0 Å². The molecule has 0 radical (unpaired) electrons. The molecule has 0 aromatic heterocycles. The van der Waals surface area contributed by atoms with Gasteiger partial charge in [-0.1, -0.05) is 129 Å². The number of hydrogen-bond acceptors (Lipinski definition) is 2. The summed E-state index contributed by atoms with van der Waals surface area (Å²) >= 11 is 0. The molecule has 0 saturated heterocycles. The molecule has 4 nitrogen and oxygen atoms in total. The molecule has 2 atom stereocenters. The molecule has 4 heteroatoms. The zero-order valence-corrected chi connectivity index (χ0v) is 20.0. The van der Waals surface area contributed by atoms with Crippen molar-refractivity contribution in [1.29, 1.82) is 0 Å². The summed E-state index contributed by atoms with van der Waals surface area (Å²) in [5, 5.41) is 19.1. The summed E-state index contributed by atoms with van der Waals surface area (Å²) in [4.78, 5) is 23.4. The third-order valence-corrected chi connectivity index (χ3v) is 6.36. The molecule has 0 aliphatic heterocycles. The second-order valence-corrected chi connectivity index (χ2v) is 9.12. The lowest BCUT2D eigenvalue weighted by Crippen LogP contribution is -2.30. The summed E-state index contributed by atoms with van der Waals surface area (Å²) in [5.41, 5.74) is 0. The van der Waals surface area contributed by atoms with Crippen LogP contribution in [-0.4, -0.2) is 22.2 Å². The Labute approximate surface area is 186 Å². The van der Waals surface area contributed by atoms with Gasteiger partial charge in [-0.25, -0.2) is 0 Å². The molecule has 0 aliphatic carbocycles. The van der Waals surface area contributed by atoms with Gasteiger partial charge in [0.05, 0.1) is 11.8 Å². The highest BCUT2D eigenvalue weighted by molar-refractivity contribution is 5.79. The molecule has 0 fully saturated rings. The number of carboxylic acid groups (broad SMARTS) is 2. The number of carboxylic acids is 2. The second kappa shape index (κ2) is 21.2. The SMILES string of the molecule is CCCCCCCCCCCCCCC(C(=O)O)C(CCCCCCCC)C(=O)O. The first-order chi connectivity index (χ1) is 14.5. The predicted molar refractivity (Wildman–Crippen MR) is 126 cm³/mol. The minimum atomic E-state index is -0.935. The van der Waals surface area contributed by atoms with Crippen molar-refractivity contribution in [2.24, 2.45) is 11.8 Å². The molecule has 2 unspecified atom stereocenters. The molecule has 0 aliphatic rings. The van der Waals surface area contributed by atoms with Gasteiger partial charge in [0.25, 0.3) is 0 Å². The molecule has 0 spiro atoms. The van der Waals surface area contributed by atoms with Crippen molar-refractivity contribution in [3.63, 3.8) is 0 Å². The molecular formula is C26H50O4. The minimum Gasteiger partial charge on any atom is -0.481 e. The normalized spacial score (nSPS) is 13.3. The van der Waals surface area contributed by atoms with Crippen LogP contribution < -0.4 is 0 Å². The zero-order valence-electron chi connectivity index (χ0n) is 20.0. The summed E-state index contributed by atoms with van der Waals surface area (Å²) < 4.78 is 0. The fraction of sp³-hybridized carbons (Fsp3) is 0.923. The minimum absolute atomic E-state index is 0.497. The summed E-state index contributed by atoms with van der Waals surface area (Å²) in [6.45, 7) is 4.42. The third-order valence-electron chi connectivity index (χ3n) is 6.36. The molecule has 0 saturated carbocycles. The summed E-state index contributed by atoms with van der Waals surface area (Å²) in [6, 6.07) is 0. The van der Waals surface area contributed by atoms with E-state index in [0.29, 0.717) is 12.8 Å². The van der Waals surface area contributed by atoms with Gasteiger partial charge in [-0.05, 0) is 12.8 Å². The zero-order chi connectivity index (χ0) is 22.5. The van der Waals surface area contributed by atoms with Crippen LogP contribution in [0.15, 0.2) is 0 Å². The van der Waals surface area contributed by atoms with Crippen molar-refractivity contribution in [1.82, 2.24) is 0 Å². The highest BCUT2D eigenvalue weighted by atomic mass is 16.4. The van der Waals surface area contributed by atoms with Crippen molar-refractivity contribution < 1.29 is 19.8 Å². The Bertz CT molecular complexity index is 408. The molecular weight excluding hydrogens is 376 g/mol. The first-order valence-electron chi connectivity index (χ1n) is 13.0. The maximum atomic E-state index is 11.7. The van der Waals surface area contributed by atoms with Gasteiger partial charge in [0.1, 0.15) is 0 Å². The molecule has 178 valence electrons. The van der Waals surface area contributed by atoms with Crippen LogP contribution in [-0.2, 0) is 9.59 Å². The van der Waals surface area contributed by atoms with Crippen molar-refractivity contribution in [2.75, 3.05) is 0 Å². The van der Waals surface area contributed by atoms with Gasteiger partial charge in [0.2, 0.25) is 0 Å². The van der Waals surface area contributed by atoms with Gasteiger partial charge in [-0.2, -0.15) is 0 Å². The molecule has 0 aromatic rings. The molecule has 30 heavy (non-hydrogen) atoms. The number of unbranched alkanes of at least 4 members (excludes halogenated alkanes) is 16. The number of aliphatic carboxylic acids is 2. The maximum Gasteiger partial charge on any atom is 0.307 e. The van der Waals surface area contributed by atoms with Gasteiger partial charge < -0.3 is 10.2 Å². The van der Waals surface area contributed by atoms with Crippen LogP contribution in [0, 0.1) is 11.8 Å². The Morgan fingerprint density at radius 3 is 0.933 bits per heavy atom. The average molecular weight is 427 g/mol. The molecule has 2 N–H and O–H groups in total. The van der Waals surface area contributed by atoms with Gasteiger partial charge in [-0.15, -0.1) is 0 Å².